The summed E-state index contributed by atoms with van der Waals surface area (Å²) in [7, 11) is 1.92. The van der Waals surface area contributed by atoms with Gasteiger partial charge in [0.15, 0.2) is 5.96 Å². The fraction of sp³-hybridized carbons (Fsp3) is 0.207. The number of aromatic carboxylic acids is 1. The Morgan fingerprint density at radius 2 is 1.85 bits per heavy atom. The number of rotatable bonds is 10. The van der Waals surface area contributed by atoms with E-state index in [-0.39, 0.29) is 36.3 Å². The number of guanidine groups is 1. The van der Waals surface area contributed by atoms with Crippen LogP contribution in [0.2, 0.25) is 0 Å². The SMILES string of the molecule is Cc1ccc(C(=O)O)c(OCCNC(=O)c2ccc3nc(CCc4nc5ccc(N=C(N)N)cc5[nH]4)n(C)c3c2)c1. The van der Waals surface area contributed by atoms with E-state index < -0.39 is 5.97 Å². The van der Waals surface area contributed by atoms with E-state index in [1.807, 2.05) is 36.7 Å². The molecule has 0 spiro atoms. The monoisotopic (exact) mass is 554 g/mol. The van der Waals surface area contributed by atoms with E-state index in [4.69, 9.17) is 21.2 Å². The Morgan fingerprint density at radius 1 is 1.05 bits per heavy atom. The van der Waals surface area contributed by atoms with E-state index in [0.717, 1.165) is 39.3 Å². The zero-order chi connectivity index (χ0) is 29.1. The number of aryl methyl sites for hydroxylation is 4. The smallest absolute Gasteiger partial charge is 0.339 e. The van der Waals surface area contributed by atoms with Gasteiger partial charge in [0.1, 0.15) is 29.6 Å². The zero-order valence-corrected chi connectivity index (χ0v) is 22.6. The van der Waals surface area contributed by atoms with Crippen molar-refractivity contribution in [3.63, 3.8) is 0 Å². The van der Waals surface area contributed by atoms with Gasteiger partial charge in [-0.2, -0.15) is 0 Å². The lowest BCUT2D eigenvalue weighted by molar-refractivity contribution is 0.0691. The molecule has 0 aliphatic rings. The van der Waals surface area contributed by atoms with Gasteiger partial charge in [0.2, 0.25) is 0 Å². The van der Waals surface area contributed by atoms with Gasteiger partial charge in [0, 0.05) is 25.5 Å². The summed E-state index contributed by atoms with van der Waals surface area (Å²) in [5.41, 5.74) is 16.3. The highest BCUT2D eigenvalue weighted by atomic mass is 16.5. The maximum atomic E-state index is 12.8. The molecule has 210 valence electrons. The van der Waals surface area contributed by atoms with E-state index in [2.05, 4.69) is 20.3 Å². The van der Waals surface area contributed by atoms with Gasteiger partial charge < -0.3 is 36.2 Å². The minimum absolute atomic E-state index is 0.00482. The molecular formula is C29H30N8O4. The van der Waals surface area contributed by atoms with Crippen LogP contribution in [0.15, 0.2) is 59.6 Å². The maximum absolute atomic E-state index is 12.8. The molecule has 0 atom stereocenters. The van der Waals surface area contributed by atoms with Crippen molar-refractivity contribution >= 4 is 45.6 Å². The van der Waals surface area contributed by atoms with Crippen molar-refractivity contribution in [3.8, 4) is 5.75 Å². The lowest BCUT2D eigenvalue weighted by Crippen LogP contribution is -2.28. The number of carboxylic acid groups (broad SMARTS) is 1. The van der Waals surface area contributed by atoms with Crippen LogP contribution in [-0.4, -0.2) is 55.6 Å². The first-order chi connectivity index (χ1) is 19.7. The van der Waals surface area contributed by atoms with E-state index in [1.165, 1.54) is 6.07 Å². The molecule has 3 aromatic carbocycles. The molecule has 0 saturated heterocycles. The van der Waals surface area contributed by atoms with Crippen LogP contribution in [0.4, 0.5) is 5.69 Å². The number of hydrogen-bond donors (Lipinski definition) is 5. The molecule has 0 bridgehead atoms. The van der Waals surface area contributed by atoms with Gasteiger partial charge in [0.05, 0.1) is 34.3 Å². The fourth-order valence-corrected chi connectivity index (χ4v) is 4.58. The number of imidazole rings is 2. The number of carboxylic acids is 1. The second kappa shape index (κ2) is 11.4. The van der Waals surface area contributed by atoms with Crippen molar-refractivity contribution in [1.82, 2.24) is 24.8 Å². The van der Waals surface area contributed by atoms with E-state index in [9.17, 15) is 14.7 Å². The number of aromatic nitrogens is 4. The molecule has 0 aliphatic carbocycles. The van der Waals surface area contributed by atoms with Crippen molar-refractivity contribution in [3.05, 3.63) is 82.9 Å². The van der Waals surface area contributed by atoms with E-state index in [0.29, 0.717) is 24.1 Å². The summed E-state index contributed by atoms with van der Waals surface area (Å²) in [4.78, 5) is 41.0. The lowest BCUT2D eigenvalue weighted by atomic mass is 10.1. The Kier molecular flexibility index (Phi) is 7.55. The predicted molar refractivity (Wildman–Crippen MR) is 156 cm³/mol. The highest BCUT2D eigenvalue weighted by Gasteiger charge is 2.14. The molecule has 2 aromatic heterocycles. The quantitative estimate of drug-likeness (QED) is 0.0990. The minimum atomic E-state index is -1.07. The van der Waals surface area contributed by atoms with Crippen molar-refractivity contribution in [2.45, 2.75) is 19.8 Å². The van der Waals surface area contributed by atoms with Crippen molar-refractivity contribution in [2.24, 2.45) is 23.5 Å². The van der Waals surface area contributed by atoms with Crippen LogP contribution in [0, 0.1) is 6.92 Å². The van der Waals surface area contributed by atoms with Gasteiger partial charge in [-0.05, 0) is 61.0 Å². The molecule has 0 fully saturated rings. The highest BCUT2D eigenvalue weighted by Crippen LogP contribution is 2.22. The number of nitrogens with two attached hydrogens (primary N) is 2. The van der Waals surface area contributed by atoms with Gasteiger partial charge in [-0.1, -0.05) is 6.07 Å². The number of ether oxygens (including phenoxy) is 1. The van der Waals surface area contributed by atoms with Crippen LogP contribution >= 0.6 is 0 Å². The van der Waals surface area contributed by atoms with E-state index in [1.54, 1.807) is 30.3 Å². The number of carbonyl (C=O) groups excluding carboxylic acids is 1. The predicted octanol–water partition coefficient (Wildman–Crippen LogP) is 2.96. The molecule has 0 saturated carbocycles. The van der Waals surface area contributed by atoms with Gasteiger partial charge in [0.25, 0.3) is 5.91 Å². The van der Waals surface area contributed by atoms with Crippen LogP contribution in [-0.2, 0) is 19.9 Å². The summed E-state index contributed by atoms with van der Waals surface area (Å²) in [6.07, 6.45) is 1.28. The second-order valence-corrected chi connectivity index (χ2v) is 9.62. The molecule has 5 rings (SSSR count). The third kappa shape index (κ3) is 6.11. The second-order valence-electron chi connectivity index (χ2n) is 9.62. The van der Waals surface area contributed by atoms with Gasteiger partial charge >= 0.3 is 5.97 Å². The number of nitrogens with one attached hydrogen (secondary N) is 2. The number of aromatic amines is 1. The normalized spacial score (nSPS) is 11.1. The van der Waals surface area contributed by atoms with Crippen LogP contribution in [0.25, 0.3) is 22.1 Å². The molecule has 0 radical (unpaired) electrons. The fourth-order valence-electron chi connectivity index (χ4n) is 4.58. The number of nitrogens with zero attached hydrogens (tertiary/aromatic N) is 4. The Balaban J connectivity index is 1.21. The summed E-state index contributed by atoms with van der Waals surface area (Å²) < 4.78 is 7.60. The molecule has 12 nitrogen and oxygen atoms in total. The molecule has 2 heterocycles. The number of carbonyl (C=O) groups is 2. The van der Waals surface area contributed by atoms with Crippen LogP contribution in [0.3, 0.4) is 0 Å². The van der Waals surface area contributed by atoms with Crippen LogP contribution in [0.5, 0.6) is 5.75 Å². The molecule has 0 unspecified atom stereocenters. The third-order valence-corrected chi connectivity index (χ3v) is 6.61. The molecule has 0 aliphatic heterocycles. The summed E-state index contributed by atoms with van der Waals surface area (Å²) in [5, 5.41) is 12.2. The number of H-pyrrole nitrogens is 1. The Bertz CT molecular complexity index is 1800. The first-order valence-corrected chi connectivity index (χ1v) is 13.0. The molecule has 5 aromatic rings. The number of fused-ring (bicyclic) bond motifs is 2. The summed E-state index contributed by atoms with van der Waals surface area (Å²) in [6.45, 7) is 2.20. The molecular weight excluding hydrogens is 524 g/mol. The van der Waals surface area contributed by atoms with Crippen molar-refractivity contribution in [1.29, 1.82) is 0 Å². The maximum Gasteiger partial charge on any atom is 0.339 e. The number of hydrogen-bond acceptors (Lipinski definition) is 6. The first kappa shape index (κ1) is 27.2. The number of amides is 1. The molecule has 12 heteroatoms. The summed E-state index contributed by atoms with van der Waals surface area (Å²) in [5.74, 6) is 0.618. The third-order valence-electron chi connectivity index (χ3n) is 6.61. The van der Waals surface area contributed by atoms with E-state index >= 15 is 0 Å². The lowest BCUT2D eigenvalue weighted by Gasteiger charge is -2.11. The minimum Gasteiger partial charge on any atom is -0.491 e. The Morgan fingerprint density at radius 3 is 2.63 bits per heavy atom. The van der Waals surface area contributed by atoms with Crippen molar-refractivity contribution < 1.29 is 19.4 Å². The van der Waals surface area contributed by atoms with Gasteiger partial charge in [-0.15, -0.1) is 0 Å². The zero-order valence-electron chi connectivity index (χ0n) is 22.6. The summed E-state index contributed by atoms with van der Waals surface area (Å²) in [6, 6.07) is 15.7. The number of benzene rings is 3. The van der Waals surface area contributed by atoms with Gasteiger partial charge in [-0.3, -0.25) is 4.79 Å². The van der Waals surface area contributed by atoms with Gasteiger partial charge in [-0.25, -0.2) is 19.8 Å². The van der Waals surface area contributed by atoms with Crippen LogP contribution < -0.4 is 21.5 Å². The topological polar surface area (TPSA) is 187 Å². The first-order valence-electron chi connectivity index (χ1n) is 13.0. The Labute approximate surface area is 235 Å². The average Bonchev–Trinajstić information content (AvgIpc) is 3.48. The average molecular weight is 555 g/mol. The highest BCUT2D eigenvalue weighted by molar-refractivity contribution is 5.97. The standard InChI is InChI=1S/C29H30N8O4/c1-16-3-6-19(28(39)40)24(13-16)41-12-11-32-27(38)17-4-7-21-23(14-17)37(2)26(36-21)10-9-25-34-20-8-5-18(33-29(30)31)15-22(20)35-25/h3-8,13-15H,9-12H2,1-2H3,(H,32,38)(H,34,35)(H,39,40)(H4,30,31,33). The summed E-state index contributed by atoms with van der Waals surface area (Å²) >= 11 is 0. The van der Waals surface area contributed by atoms with Crippen LogP contribution in [0.1, 0.15) is 37.9 Å². The Hall–Kier alpha value is -5.39. The largest absolute Gasteiger partial charge is 0.491 e. The van der Waals surface area contributed by atoms with Crippen molar-refractivity contribution in [2.75, 3.05) is 13.2 Å². The molecule has 41 heavy (non-hydrogen) atoms. The number of aliphatic imine (C=N–C) groups is 1. The molecule has 7 N–H and O–H groups in total. The molecule has 1 amide bonds.